The lowest BCUT2D eigenvalue weighted by molar-refractivity contribution is -0.120. The van der Waals surface area contributed by atoms with Gasteiger partial charge in [0.1, 0.15) is 6.33 Å². The van der Waals surface area contributed by atoms with E-state index in [1.54, 1.807) is 0 Å². The Hall–Kier alpha value is -2.51. The summed E-state index contributed by atoms with van der Waals surface area (Å²) in [5, 5.41) is 9.11. The Kier molecular flexibility index (Phi) is 3.99. The van der Waals surface area contributed by atoms with Crippen LogP contribution < -0.4 is 10.2 Å². The van der Waals surface area contributed by atoms with Crippen LogP contribution in [-0.2, 0) is 4.79 Å². The van der Waals surface area contributed by atoms with Crippen molar-refractivity contribution in [1.29, 1.82) is 0 Å². The number of aromatic nitrogens is 5. The Morgan fingerprint density at radius 3 is 2.82 bits per heavy atom. The molecule has 2 aromatic rings. The quantitative estimate of drug-likeness (QED) is 0.879. The molecule has 1 saturated heterocycles. The van der Waals surface area contributed by atoms with Crippen molar-refractivity contribution in [3.63, 3.8) is 0 Å². The number of piperidine rings is 1. The van der Waals surface area contributed by atoms with E-state index in [2.05, 4.69) is 35.4 Å². The highest BCUT2D eigenvalue weighted by Gasteiger charge is 2.27. The zero-order chi connectivity index (χ0) is 15.5. The molecule has 0 aliphatic carbocycles. The molecule has 22 heavy (non-hydrogen) atoms. The Morgan fingerprint density at radius 1 is 1.36 bits per heavy atom. The fourth-order valence-corrected chi connectivity index (χ4v) is 2.71. The molecule has 8 nitrogen and oxygen atoms in total. The third kappa shape index (κ3) is 3.21. The number of anilines is 2. The summed E-state index contributed by atoms with van der Waals surface area (Å²) in [7, 11) is 0. The number of aryl methyl sites for hydroxylation is 2. The molecule has 0 unspecified atom stereocenters. The van der Waals surface area contributed by atoms with Crippen LogP contribution in [0.1, 0.15) is 24.2 Å². The second-order valence-corrected chi connectivity index (χ2v) is 5.56. The first kappa shape index (κ1) is 14.4. The predicted octanol–water partition coefficient (Wildman–Crippen LogP) is 1.07. The summed E-state index contributed by atoms with van der Waals surface area (Å²) in [6.45, 7) is 5.39. The summed E-state index contributed by atoms with van der Waals surface area (Å²) in [6, 6.07) is 1.95. The van der Waals surface area contributed by atoms with Crippen molar-refractivity contribution in [2.24, 2.45) is 5.92 Å². The molecular formula is C14H19N7O. The number of carbonyl (C=O) groups is 1. The molecule has 116 valence electrons. The van der Waals surface area contributed by atoms with E-state index in [1.165, 1.54) is 6.33 Å². The van der Waals surface area contributed by atoms with Gasteiger partial charge in [-0.15, -0.1) is 0 Å². The van der Waals surface area contributed by atoms with Crippen LogP contribution in [0.5, 0.6) is 0 Å². The molecule has 3 heterocycles. The second kappa shape index (κ2) is 6.08. The fourth-order valence-electron chi connectivity index (χ4n) is 2.71. The van der Waals surface area contributed by atoms with Gasteiger partial charge in [-0.25, -0.2) is 15.1 Å². The van der Waals surface area contributed by atoms with Gasteiger partial charge in [0.25, 0.3) is 0 Å². The van der Waals surface area contributed by atoms with Crippen molar-refractivity contribution in [1.82, 2.24) is 25.1 Å². The van der Waals surface area contributed by atoms with E-state index in [0.29, 0.717) is 18.4 Å². The van der Waals surface area contributed by atoms with Crippen LogP contribution in [-0.4, -0.2) is 44.1 Å². The van der Waals surface area contributed by atoms with Crippen LogP contribution >= 0.6 is 0 Å². The third-order valence-corrected chi connectivity index (χ3v) is 3.70. The second-order valence-electron chi connectivity index (χ2n) is 5.56. The lowest BCUT2D eigenvalue weighted by Crippen LogP contribution is -2.41. The van der Waals surface area contributed by atoms with E-state index < -0.39 is 0 Å². The van der Waals surface area contributed by atoms with Crippen molar-refractivity contribution >= 4 is 17.8 Å². The van der Waals surface area contributed by atoms with E-state index in [9.17, 15) is 4.79 Å². The molecule has 0 bridgehead atoms. The predicted molar refractivity (Wildman–Crippen MR) is 81.5 cm³/mol. The molecule has 1 aliphatic heterocycles. The van der Waals surface area contributed by atoms with Gasteiger partial charge < -0.3 is 4.90 Å². The summed E-state index contributed by atoms with van der Waals surface area (Å²) in [5.74, 6) is 0.925. The Balaban J connectivity index is 1.69. The first-order valence-electron chi connectivity index (χ1n) is 7.35. The van der Waals surface area contributed by atoms with Crippen molar-refractivity contribution in [3.05, 3.63) is 23.8 Å². The third-order valence-electron chi connectivity index (χ3n) is 3.70. The number of hydrogen-bond donors (Lipinski definition) is 2. The Morgan fingerprint density at radius 2 is 2.14 bits per heavy atom. The van der Waals surface area contributed by atoms with Crippen molar-refractivity contribution in [3.8, 4) is 0 Å². The SMILES string of the molecule is Cc1cc(C)nc(N2CCC[C@H](C(=O)Nc3ncn[nH]3)C2)n1. The first-order chi connectivity index (χ1) is 10.6. The number of amides is 1. The minimum Gasteiger partial charge on any atom is -0.340 e. The molecule has 2 aromatic heterocycles. The minimum atomic E-state index is -0.108. The number of hydrogen-bond acceptors (Lipinski definition) is 6. The average molecular weight is 301 g/mol. The van der Waals surface area contributed by atoms with Gasteiger partial charge in [-0.3, -0.25) is 10.1 Å². The number of nitrogens with one attached hydrogen (secondary N) is 2. The maximum atomic E-state index is 12.3. The normalized spacial score (nSPS) is 18.3. The maximum absolute atomic E-state index is 12.3. The molecule has 0 radical (unpaired) electrons. The standard InChI is InChI=1S/C14H19N7O/c1-9-6-10(2)18-14(17-9)21-5-3-4-11(7-21)12(22)19-13-15-8-16-20-13/h6,8,11H,3-5,7H2,1-2H3,(H2,15,16,19,20,22)/t11-/m0/s1. The van der Waals surface area contributed by atoms with E-state index in [-0.39, 0.29) is 11.8 Å². The van der Waals surface area contributed by atoms with Crippen LogP contribution in [0.15, 0.2) is 12.4 Å². The highest BCUT2D eigenvalue weighted by Crippen LogP contribution is 2.21. The van der Waals surface area contributed by atoms with Gasteiger partial charge in [-0.1, -0.05) is 0 Å². The van der Waals surface area contributed by atoms with Crippen LogP contribution in [0.25, 0.3) is 0 Å². The van der Waals surface area contributed by atoms with Crippen LogP contribution in [0.3, 0.4) is 0 Å². The van der Waals surface area contributed by atoms with Gasteiger partial charge >= 0.3 is 0 Å². The van der Waals surface area contributed by atoms with E-state index >= 15 is 0 Å². The number of carbonyl (C=O) groups excluding carboxylic acids is 1. The largest absolute Gasteiger partial charge is 0.340 e. The van der Waals surface area contributed by atoms with E-state index in [1.807, 2.05) is 19.9 Å². The van der Waals surface area contributed by atoms with Crippen molar-refractivity contribution < 1.29 is 4.79 Å². The van der Waals surface area contributed by atoms with Gasteiger partial charge in [-0.2, -0.15) is 10.1 Å². The topological polar surface area (TPSA) is 99.7 Å². The van der Waals surface area contributed by atoms with Crippen LogP contribution in [0.4, 0.5) is 11.9 Å². The summed E-state index contributed by atoms with van der Waals surface area (Å²) in [5.41, 5.74) is 1.88. The molecule has 1 aliphatic rings. The number of aromatic amines is 1. The van der Waals surface area contributed by atoms with Gasteiger partial charge in [-0.05, 0) is 32.8 Å². The lowest BCUT2D eigenvalue weighted by Gasteiger charge is -2.32. The molecule has 2 N–H and O–H groups in total. The van der Waals surface area contributed by atoms with Gasteiger partial charge in [0, 0.05) is 24.5 Å². The van der Waals surface area contributed by atoms with Gasteiger partial charge in [0.15, 0.2) is 0 Å². The molecule has 1 atom stereocenters. The molecule has 3 rings (SSSR count). The summed E-state index contributed by atoms with van der Waals surface area (Å²) in [6.07, 6.45) is 3.15. The lowest BCUT2D eigenvalue weighted by atomic mass is 9.97. The monoisotopic (exact) mass is 301 g/mol. The highest BCUT2D eigenvalue weighted by atomic mass is 16.2. The molecule has 0 spiro atoms. The molecule has 8 heteroatoms. The van der Waals surface area contributed by atoms with E-state index in [4.69, 9.17) is 0 Å². The van der Waals surface area contributed by atoms with Crippen LogP contribution in [0.2, 0.25) is 0 Å². The summed E-state index contributed by atoms with van der Waals surface area (Å²) in [4.78, 5) is 27.3. The zero-order valence-corrected chi connectivity index (χ0v) is 12.7. The summed E-state index contributed by atoms with van der Waals surface area (Å²) >= 11 is 0. The molecule has 1 amide bonds. The molecule has 1 fully saturated rings. The zero-order valence-electron chi connectivity index (χ0n) is 12.7. The number of H-pyrrole nitrogens is 1. The first-order valence-corrected chi connectivity index (χ1v) is 7.35. The van der Waals surface area contributed by atoms with E-state index in [0.717, 1.165) is 30.8 Å². The van der Waals surface area contributed by atoms with Gasteiger partial charge in [0.2, 0.25) is 17.8 Å². The molecule has 0 aromatic carbocycles. The Bertz CT molecular complexity index is 635. The number of rotatable bonds is 3. The highest BCUT2D eigenvalue weighted by molar-refractivity contribution is 5.91. The number of nitrogens with zero attached hydrogens (tertiary/aromatic N) is 5. The Labute approximate surface area is 128 Å². The maximum Gasteiger partial charge on any atom is 0.231 e. The fraction of sp³-hybridized carbons (Fsp3) is 0.500. The van der Waals surface area contributed by atoms with Crippen molar-refractivity contribution in [2.75, 3.05) is 23.3 Å². The minimum absolute atomic E-state index is 0.0502. The summed E-state index contributed by atoms with van der Waals surface area (Å²) < 4.78 is 0. The van der Waals surface area contributed by atoms with Crippen molar-refractivity contribution in [2.45, 2.75) is 26.7 Å². The molecular weight excluding hydrogens is 282 g/mol. The smallest absolute Gasteiger partial charge is 0.231 e. The molecule has 0 saturated carbocycles. The average Bonchev–Trinajstić information content (AvgIpc) is 2.99. The van der Waals surface area contributed by atoms with Crippen LogP contribution in [0, 0.1) is 19.8 Å². The van der Waals surface area contributed by atoms with Gasteiger partial charge in [0.05, 0.1) is 5.92 Å².